The van der Waals surface area contributed by atoms with Gasteiger partial charge in [-0.05, 0) is 29.1 Å². The molecule has 1 aromatic carbocycles. The first kappa shape index (κ1) is 21.9. The van der Waals surface area contributed by atoms with Gasteiger partial charge in [0, 0.05) is 15.1 Å². The number of thioether (sulfide) groups is 1. The van der Waals surface area contributed by atoms with Crippen molar-refractivity contribution in [2.45, 2.75) is 24.4 Å². The van der Waals surface area contributed by atoms with Gasteiger partial charge in [-0.15, -0.1) is 23.1 Å². The second-order valence-electron chi connectivity index (χ2n) is 6.89. The van der Waals surface area contributed by atoms with Crippen LogP contribution in [-0.2, 0) is 32.1 Å². The largest absolute Gasteiger partial charge is 0.497 e. The molecule has 0 radical (unpaired) electrons. The van der Waals surface area contributed by atoms with E-state index in [2.05, 4.69) is 21.2 Å². The van der Waals surface area contributed by atoms with Gasteiger partial charge in [-0.25, -0.2) is 4.79 Å². The average molecular weight is 523 g/mol. The van der Waals surface area contributed by atoms with Crippen LogP contribution in [0.2, 0.25) is 0 Å². The molecule has 0 spiro atoms. The molecule has 0 saturated carbocycles. The number of β-lactam (4-membered cyclic amide) rings is 1. The van der Waals surface area contributed by atoms with Gasteiger partial charge in [-0.1, -0.05) is 34.1 Å². The van der Waals surface area contributed by atoms with E-state index in [-0.39, 0.29) is 35.9 Å². The third-order valence-electron chi connectivity index (χ3n) is 4.88. The molecule has 2 aliphatic rings. The molecule has 31 heavy (non-hydrogen) atoms. The van der Waals surface area contributed by atoms with Crippen molar-refractivity contribution in [1.29, 1.82) is 0 Å². The van der Waals surface area contributed by atoms with Gasteiger partial charge < -0.3 is 14.8 Å². The summed E-state index contributed by atoms with van der Waals surface area (Å²) in [7, 11) is 1.58. The van der Waals surface area contributed by atoms with Crippen LogP contribution < -0.4 is 10.1 Å². The number of benzene rings is 1. The van der Waals surface area contributed by atoms with Crippen LogP contribution in [0.5, 0.6) is 5.75 Å². The number of carbonyl (C=O) groups is 3. The number of halogens is 1. The fourth-order valence-corrected chi connectivity index (χ4v) is 5.95. The minimum Gasteiger partial charge on any atom is -0.497 e. The molecule has 2 atom stereocenters. The summed E-state index contributed by atoms with van der Waals surface area (Å²) < 4.78 is 11.2. The van der Waals surface area contributed by atoms with E-state index in [1.807, 2.05) is 29.6 Å². The number of rotatable bonds is 7. The molecule has 4 rings (SSSR count). The van der Waals surface area contributed by atoms with Crippen molar-refractivity contribution in [2.75, 3.05) is 12.9 Å². The number of amides is 2. The van der Waals surface area contributed by atoms with Gasteiger partial charge in [0.15, 0.2) is 0 Å². The Kier molecular flexibility index (Phi) is 6.68. The maximum atomic E-state index is 12.8. The number of esters is 1. The summed E-state index contributed by atoms with van der Waals surface area (Å²) in [6.45, 7) is 0.0768. The topological polar surface area (TPSA) is 84.9 Å². The van der Waals surface area contributed by atoms with Crippen LogP contribution in [0.15, 0.2) is 52.0 Å². The van der Waals surface area contributed by atoms with Gasteiger partial charge in [-0.2, -0.15) is 0 Å². The van der Waals surface area contributed by atoms with Crippen molar-refractivity contribution in [3.8, 4) is 5.75 Å². The Balaban J connectivity index is 1.38. The summed E-state index contributed by atoms with van der Waals surface area (Å²) in [5.41, 5.74) is 1.01. The normalized spacial score (nSPS) is 20.1. The highest BCUT2D eigenvalue weighted by Crippen LogP contribution is 2.42. The summed E-state index contributed by atoms with van der Waals surface area (Å²) in [5.74, 6) is 0.123. The molecule has 1 unspecified atom stereocenters. The molecular weight excluding hydrogens is 504 g/mol. The lowest BCUT2D eigenvalue weighted by molar-refractivity contribution is -0.153. The summed E-state index contributed by atoms with van der Waals surface area (Å²) in [6, 6.07) is 10.3. The minimum atomic E-state index is -0.651. The van der Waals surface area contributed by atoms with Gasteiger partial charge in [0.05, 0.1) is 13.5 Å². The van der Waals surface area contributed by atoms with Crippen LogP contribution in [0.4, 0.5) is 0 Å². The Hall–Kier alpha value is -2.30. The number of hydrogen-bond donors (Lipinski definition) is 1. The maximum Gasteiger partial charge on any atom is 0.356 e. The Labute approximate surface area is 195 Å². The lowest BCUT2D eigenvalue weighted by atomic mass is 10.0. The number of ether oxygens (including phenoxy) is 2. The molecule has 1 fully saturated rings. The quantitative estimate of drug-likeness (QED) is 0.444. The molecule has 2 aromatic rings. The first-order valence-corrected chi connectivity index (χ1v) is 12.1. The number of thiophene rings is 1. The molecule has 2 aliphatic heterocycles. The van der Waals surface area contributed by atoms with E-state index in [0.29, 0.717) is 16.0 Å². The zero-order valence-electron chi connectivity index (χ0n) is 16.5. The van der Waals surface area contributed by atoms with Gasteiger partial charge in [0.2, 0.25) is 5.91 Å². The number of hydrogen-bond acceptors (Lipinski definition) is 7. The van der Waals surface area contributed by atoms with Crippen molar-refractivity contribution < 1.29 is 23.9 Å². The summed E-state index contributed by atoms with van der Waals surface area (Å²) in [4.78, 5) is 40.2. The van der Waals surface area contributed by atoms with E-state index in [4.69, 9.17) is 9.47 Å². The van der Waals surface area contributed by atoms with E-state index >= 15 is 0 Å². The summed E-state index contributed by atoms with van der Waals surface area (Å²) >= 11 is 6.39. The van der Waals surface area contributed by atoms with Crippen LogP contribution >= 0.6 is 39.0 Å². The zero-order valence-corrected chi connectivity index (χ0v) is 19.7. The van der Waals surface area contributed by atoms with E-state index in [9.17, 15) is 14.4 Å². The van der Waals surface area contributed by atoms with Crippen LogP contribution in [-0.4, -0.2) is 47.0 Å². The number of nitrogens with zero attached hydrogens (tertiary/aromatic N) is 1. The number of fused-ring (bicyclic) bond motifs is 1. The third kappa shape index (κ3) is 4.65. The standard InChI is InChI=1S/C21H19BrN2O5S2/c1-28-13-6-4-12(5-7-13)10-29-21(27)18-15(22)11-31-20-17(19(26)24(18)20)23-16(25)9-14-3-2-8-30-14/h2-8,17,20H,9-11H2,1H3,(H,23,25)/t17?,20-/m1/s1. The summed E-state index contributed by atoms with van der Waals surface area (Å²) in [5, 5.41) is 4.38. The average Bonchev–Trinajstić information content (AvgIpc) is 3.29. The van der Waals surface area contributed by atoms with Crippen LogP contribution in [0.25, 0.3) is 0 Å². The van der Waals surface area contributed by atoms with E-state index < -0.39 is 12.0 Å². The molecule has 162 valence electrons. The Bertz CT molecular complexity index is 1020. The molecular formula is C21H19BrN2O5S2. The van der Waals surface area contributed by atoms with E-state index in [0.717, 1.165) is 10.4 Å². The first-order chi connectivity index (χ1) is 15.0. The van der Waals surface area contributed by atoms with Crippen LogP contribution in [0.1, 0.15) is 10.4 Å². The smallest absolute Gasteiger partial charge is 0.356 e. The minimum absolute atomic E-state index is 0.0768. The number of nitrogens with one attached hydrogen (secondary N) is 1. The summed E-state index contributed by atoms with van der Waals surface area (Å²) in [6.07, 6.45) is 0.231. The van der Waals surface area contributed by atoms with Crippen molar-refractivity contribution in [1.82, 2.24) is 10.2 Å². The predicted octanol–water partition coefficient (Wildman–Crippen LogP) is 3.05. The number of methoxy groups -OCH3 is 1. The molecule has 0 aliphatic carbocycles. The Morgan fingerprint density at radius 1 is 1.26 bits per heavy atom. The fourth-order valence-electron chi connectivity index (χ4n) is 3.31. The fraction of sp³-hybridized carbons (Fsp3) is 0.286. The monoisotopic (exact) mass is 522 g/mol. The SMILES string of the molecule is COc1ccc(COC(=O)C2=C(Br)CS[C@@H]3C(NC(=O)Cc4cccs4)C(=O)N23)cc1. The molecule has 1 aromatic heterocycles. The molecule has 3 heterocycles. The third-order valence-corrected chi connectivity index (χ3v) is 8.06. The second kappa shape index (κ2) is 9.46. The number of carbonyl (C=O) groups excluding carboxylic acids is 3. The maximum absolute atomic E-state index is 12.8. The zero-order chi connectivity index (χ0) is 22.0. The highest BCUT2D eigenvalue weighted by Gasteiger charge is 2.54. The highest BCUT2D eigenvalue weighted by atomic mass is 79.9. The highest BCUT2D eigenvalue weighted by molar-refractivity contribution is 9.11. The predicted molar refractivity (Wildman–Crippen MR) is 122 cm³/mol. The van der Waals surface area contributed by atoms with Crippen LogP contribution in [0, 0.1) is 0 Å². The molecule has 1 N–H and O–H groups in total. The Morgan fingerprint density at radius 3 is 2.71 bits per heavy atom. The van der Waals surface area contributed by atoms with E-state index in [1.54, 1.807) is 19.2 Å². The van der Waals surface area contributed by atoms with Gasteiger partial charge in [-0.3, -0.25) is 14.5 Å². The molecule has 1 saturated heterocycles. The molecule has 0 bridgehead atoms. The van der Waals surface area contributed by atoms with Gasteiger partial charge >= 0.3 is 5.97 Å². The van der Waals surface area contributed by atoms with Crippen molar-refractivity contribution in [3.05, 3.63) is 62.4 Å². The lowest BCUT2D eigenvalue weighted by Gasteiger charge is -2.49. The molecule has 7 nitrogen and oxygen atoms in total. The van der Waals surface area contributed by atoms with Crippen molar-refractivity contribution >= 4 is 56.8 Å². The van der Waals surface area contributed by atoms with E-state index in [1.165, 1.54) is 28.0 Å². The van der Waals surface area contributed by atoms with Crippen molar-refractivity contribution in [3.63, 3.8) is 0 Å². The molecule has 2 amide bonds. The lowest BCUT2D eigenvalue weighted by Crippen LogP contribution is -2.70. The van der Waals surface area contributed by atoms with Crippen LogP contribution in [0.3, 0.4) is 0 Å². The molecule has 10 heteroatoms. The Morgan fingerprint density at radius 2 is 2.03 bits per heavy atom. The van der Waals surface area contributed by atoms with Crippen molar-refractivity contribution in [2.24, 2.45) is 0 Å². The first-order valence-electron chi connectivity index (χ1n) is 9.43. The van der Waals surface area contributed by atoms with Gasteiger partial charge in [0.25, 0.3) is 5.91 Å². The van der Waals surface area contributed by atoms with Gasteiger partial charge in [0.1, 0.15) is 29.5 Å². The second-order valence-corrected chi connectivity index (χ2v) is 9.98.